The number of aromatic amines is 1. The summed E-state index contributed by atoms with van der Waals surface area (Å²) >= 11 is 0. The number of nitrogens with one attached hydrogen (secondary N) is 1. The highest BCUT2D eigenvalue weighted by Gasteiger charge is 2.19. The number of aromatic nitrogens is 4. The van der Waals surface area contributed by atoms with Crippen molar-refractivity contribution in [2.75, 3.05) is 27.2 Å². The molecule has 34 heavy (non-hydrogen) atoms. The highest BCUT2D eigenvalue weighted by molar-refractivity contribution is 5.99. The average molecular weight is 455 g/mol. The van der Waals surface area contributed by atoms with Gasteiger partial charge in [0.2, 0.25) is 0 Å². The van der Waals surface area contributed by atoms with E-state index in [2.05, 4.69) is 35.9 Å². The Kier molecular flexibility index (Phi) is 5.43. The van der Waals surface area contributed by atoms with Gasteiger partial charge in [-0.2, -0.15) is 15.2 Å². The van der Waals surface area contributed by atoms with Crippen molar-refractivity contribution >= 4 is 17.0 Å². The van der Waals surface area contributed by atoms with Gasteiger partial charge in [-0.1, -0.05) is 12.1 Å². The molecule has 0 amide bonds. The predicted octanol–water partition coefficient (Wildman–Crippen LogP) is 3.82. The molecule has 10 nitrogen and oxygen atoms in total. The first-order valence-electron chi connectivity index (χ1n) is 10.6. The highest BCUT2D eigenvalue weighted by atomic mass is 16.5. The lowest BCUT2D eigenvalue weighted by Gasteiger charge is -2.14. The Balaban J connectivity index is 1.52. The number of ether oxygens (including phenoxy) is 3. The van der Waals surface area contributed by atoms with E-state index in [1.54, 1.807) is 18.2 Å². The molecule has 0 bridgehead atoms. The first-order chi connectivity index (χ1) is 16.5. The van der Waals surface area contributed by atoms with Gasteiger partial charge in [-0.3, -0.25) is 4.99 Å². The van der Waals surface area contributed by atoms with Crippen LogP contribution in [0.3, 0.4) is 0 Å². The Morgan fingerprint density at radius 1 is 1.06 bits per heavy atom. The molecule has 1 aliphatic heterocycles. The highest BCUT2D eigenvalue weighted by Crippen LogP contribution is 2.35. The van der Waals surface area contributed by atoms with Gasteiger partial charge < -0.3 is 24.1 Å². The van der Waals surface area contributed by atoms with Crippen LogP contribution >= 0.6 is 0 Å². The van der Waals surface area contributed by atoms with Crippen LogP contribution in [0.15, 0.2) is 47.5 Å². The Morgan fingerprint density at radius 3 is 2.71 bits per heavy atom. The van der Waals surface area contributed by atoms with Crippen LogP contribution in [0.5, 0.6) is 29.1 Å². The molecule has 1 N–H and O–H groups in total. The van der Waals surface area contributed by atoms with Crippen LogP contribution in [0, 0.1) is 18.3 Å². The number of amidine groups is 1. The van der Waals surface area contributed by atoms with Gasteiger partial charge in [-0.25, -0.2) is 4.98 Å². The van der Waals surface area contributed by atoms with Gasteiger partial charge in [-0.15, -0.1) is 0 Å². The number of methoxy groups -OCH3 is 1. The van der Waals surface area contributed by atoms with Crippen molar-refractivity contribution in [3.8, 4) is 35.2 Å². The number of nitrogens with zero attached hydrogens (tertiary/aromatic N) is 6. The molecule has 0 radical (unpaired) electrons. The molecule has 4 aromatic rings. The van der Waals surface area contributed by atoms with Crippen molar-refractivity contribution < 1.29 is 14.2 Å². The SMILES string of the molecule is COc1ccc(C#N)cc1Oc1nc(Oc2cccc(C3=NCCN3C)c2)nc2nc(C)[nH]c12. The van der Waals surface area contributed by atoms with Crippen LogP contribution in [-0.2, 0) is 0 Å². The molecule has 10 heteroatoms. The van der Waals surface area contributed by atoms with Gasteiger partial charge >= 0.3 is 6.01 Å². The van der Waals surface area contributed by atoms with Crippen LogP contribution in [-0.4, -0.2) is 57.9 Å². The van der Waals surface area contributed by atoms with Gasteiger partial charge in [-0.05, 0) is 31.2 Å². The second-order valence-corrected chi connectivity index (χ2v) is 7.67. The Labute approximate surface area is 195 Å². The summed E-state index contributed by atoms with van der Waals surface area (Å²) in [6, 6.07) is 14.7. The number of fused-ring (bicyclic) bond motifs is 1. The molecule has 0 unspecified atom stereocenters. The third-order valence-corrected chi connectivity index (χ3v) is 5.27. The largest absolute Gasteiger partial charge is 0.493 e. The quantitative estimate of drug-likeness (QED) is 0.466. The third-order valence-electron chi connectivity index (χ3n) is 5.27. The summed E-state index contributed by atoms with van der Waals surface area (Å²) in [5.74, 6) is 3.11. The van der Waals surface area contributed by atoms with Gasteiger partial charge in [0.1, 0.15) is 22.9 Å². The summed E-state index contributed by atoms with van der Waals surface area (Å²) in [4.78, 5) is 23.1. The van der Waals surface area contributed by atoms with Gasteiger partial charge in [0, 0.05) is 25.2 Å². The summed E-state index contributed by atoms with van der Waals surface area (Å²) in [6.45, 7) is 3.47. The number of hydrogen-bond acceptors (Lipinski definition) is 9. The van der Waals surface area contributed by atoms with E-state index >= 15 is 0 Å². The number of aliphatic imine (C=N–C) groups is 1. The number of likely N-dealkylation sites (N-methyl/N-ethyl adjacent to an activating group) is 1. The number of nitriles is 1. The monoisotopic (exact) mass is 455 g/mol. The lowest BCUT2D eigenvalue weighted by Crippen LogP contribution is -2.23. The summed E-state index contributed by atoms with van der Waals surface area (Å²) < 4.78 is 17.4. The van der Waals surface area contributed by atoms with Crippen molar-refractivity contribution in [2.45, 2.75) is 6.92 Å². The van der Waals surface area contributed by atoms with Crippen molar-refractivity contribution in [3.05, 3.63) is 59.4 Å². The molecular weight excluding hydrogens is 434 g/mol. The number of rotatable bonds is 6. The lowest BCUT2D eigenvalue weighted by molar-refractivity contribution is 0.370. The molecule has 2 aromatic heterocycles. The van der Waals surface area contributed by atoms with Crippen LogP contribution in [0.1, 0.15) is 17.0 Å². The Morgan fingerprint density at radius 2 is 1.94 bits per heavy atom. The van der Waals surface area contributed by atoms with E-state index in [0.29, 0.717) is 39.8 Å². The van der Waals surface area contributed by atoms with Crippen molar-refractivity contribution in [1.29, 1.82) is 5.26 Å². The molecule has 1 aliphatic rings. The first kappa shape index (κ1) is 21.2. The second kappa shape index (κ2) is 8.71. The first-order valence-corrected chi connectivity index (χ1v) is 10.6. The molecule has 3 heterocycles. The molecule has 0 atom stereocenters. The fourth-order valence-electron chi connectivity index (χ4n) is 3.67. The van der Waals surface area contributed by atoms with E-state index in [1.807, 2.05) is 38.2 Å². The van der Waals surface area contributed by atoms with Crippen LogP contribution in [0.25, 0.3) is 11.2 Å². The van der Waals surface area contributed by atoms with E-state index in [9.17, 15) is 5.26 Å². The summed E-state index contributed by atoms with van der Waals surface area (Å²) in [7, 11) is 3.53. The minimum atomic E-state index is 0.0725. The Bertz CT molecular complexity index is 1450. The molecule has 170 valence electrons. The van der Waals surface area contributed by atoms with Gasteiger partial charge in [0.25, 0.3) is 5.88 Å². The van der Waals surface area contributed by atoms with E-state index in [-0.39, 0.29) is 11.9 Å². The minimum absolute atomic E-state index is 0.0725. The number of imidazole rings is 1. The molecule has 2 aromatic carbocycles. The van der Waals surface area contributed by atoms with E-state index in [0.717, 1.165) is 24.5 Å². The lowest BCUT2D eigenvalue weighted by atomic mass is 10.2. The predicted molar refractivity (Wildman–Crippen MR) is 125 cm³/mol. The Hall–Kier alpha value is -4.65. The maximum Gasteiger partial charge on any atom is 0.327 e. The van der Waals surface area contributed by atoms with E-state index in [4.69, 9.17) is 14.2 Å². The number of H-pyrrole nitrogens is 1. The molecule has 0 saturated carbocycles. The maximum atomic E-state index is 9.27. The zero-order chi connectivity index (χ0) is 23.7. The van der Waals surface area contributed by atoms with E-state index < -0.39 is 0 Å². The third kappa shape index (κ3) is 4.06. The summed E-state index contributed by atoms with van der Waals surface area (Å²) in [5, 5.41) is 9.27. The molecule has 0 spiro atoms. The zero-order valence-corrected chi connectivity index (χ0v) is 18.9. The molecule has 0 saturated heterocycles. The fourth-order valence-corrected chi connectivity index (χ4v) is 3.67. The van der Waals surface area contributed by atoms with Crippen molar-refractivity contribution in [3.63, 3.8) is 0 Å². The van der Waals surface area contributed by atoms with Gasteiger partial charge in [0.15, 0.2) is 17.1 Å². The number of aryl methyl sites for hydroxylation is 1. The summed E-state index contributed by atoms with van der Waals surface area (Å²) in [6.07, 6.45) is 0. The normalized spacial score (nSPS) is 13.0. The number of benzene rings is 2. The average Bonchev–Trinajstić information content (AvgIpc) is 3.44. The maximum absolute atomic E-state index is 9.27. The van der Waals surface area contributed by atoms with E-state index in [1.165, 1.54) is 7.11 Å². The zero-order valence-electron chi connectivity index (χ0n) is 18.9. The second-order valence-electron chi connectivity index (χ2n) is 7.67. The smallest absolute Gasteiger partial charge is 0.327 e. The van der Waals surface area contributed by atoms with Crippen molar-refractivity contribution in [1.82, 2.24) is 24.8 Å². The molecule has 5 rings (SSSR count). The standard InChI is InChI=1S/C24H21N7O3/c1-14-27-20-21(28-14)29-24(30-23(20)34-19-11-15(13-25)7-8-18(19)32-3)33-17-6-4-5-16(12-17)22-26-9-10-31(22)2/h4-8,11-12H,9-10H2,1-3H3,(H,27,28,29,30). The van der Waals surface area contributed by atoms with Crippen LogP contribution in [0.4, 0.5) is 0 Å². The number of hydrogen-bond donors (Lipinski definition) is 1. The fraction of sp³-hybridized carbons (Fsp3) is 0.208. The summed E-state index contributed by atoms with van der Waals surface area (Å²) in [5.41, 5.74) is 2.27. The molecule has 0 fully saturated rings. The van der Waals surface area contributed by atoms with Crippen molar-refractivity contribution in [2.24, 2.45) is 4.99 Å². The topological polar surface area (TPSA) is 122 Å². The molecular formula is C24H21N7O3. The van der Waals surface area contributed by atoms with Gasteiger partial charge in [0.05, 0.1) is 25.3 Å². The molecule has 0 aliphatic carbocycles. The van der Waals surface area contributed by atoms with Crippen LogP contribution < -0.4 is 14.2 Å². The minimum Gasteiger partial charge on any atom is -0.493 e. The van der Waals surface area contributed by atoms with Crippen LogP contribution in [0.2, 0.25) is 0 Å².